The van der Waals surface area contributed by atoms with E-state index in [2.05, 4.69) is 31.9 Å². The van der Waals surface area contributed by atoms with E-state index in [-0.39, 0.29) is 24.8 Å². The highest BCUT2D eigenvalue weighted by molar-refractivity contribution is 9.10. The third-order valence-corrected chi connectivity index (χ3v) is 4.87. The summed E-state index contributed by atoms with van der Waals surface area (Å²) in [6.07, 6.45) is 0.582. The summed E-state index contributed by atoms with van der Waals surface area (Å²) < 4.78 is 6.15. The van der Waals surface area contributed by atoms with Gasteiger partial charge in [-0.3, -0.25) is 9.59 Å². The Labute approximate surface area is 197 Å². The minimum absolute atomic E-state index is 0.0596. The summed E-state index contributed by atoms with van der Waals surface area (Å²) >= 11 is 3.40. The molecule has 172 valence electrons. The maximum Gasteiger partial charge on any atom is 0.407 e. The van der Waals surface area contributed by atoms with Crippen molar-refractivity contribution in [1.29, 1.82) is 0 Å². The first-order valence-corrected chi connectivity index (χ1v) is 11.3. The van der Waals surface area contributed by atoms with Crippen LogP contribution in [-0.4, -0.2) is 30.1 Å². The van der Waals surface area contributed by atoms with Gasteiger partial charge in [-0.2, -0.15) is 0 Å². The van der Waals surface area contributed by atoms with Gasteiger partial charge in [-0.05, 0) is 56.5 Å². The minimum Gasteiger partial charge on any atom is -0.444 e. The van der Waals surface area contributed by atoms with Crippen molar-refractivity contribution in [3.05, 3.63) is 64.1 Å². The summed E-state index contributed by atoms with van der Waals surface area (Å²) in [4.78, 5) is 36.1. The van der Waals surface area contributed by atoms with Gasteiger partial charge in [0.1, 0.15) is 5.60 Å². The van der Waals surface area contributed by atoms with E-state index in [0.29, 0.717) is 25.1 Å². The number of nitrogens with one attached hydrogen (secondary N) is 3. The number of carbonyl (C=O) groups is 3. The summed E-state index contributed by atoms with van der Waals surface area (Å²) in [7, 11) is 0. The average molecular weight is 504 g/mol. The van der Waals surface area contributed by atoms with Crippen LogP contribution in [0.15, 0.2) is 53.0 Å². The quantitative estimate of drug-likeness (QED) is 0.467. The van der Waals surface area contributed by atoms with Crippen molar-refractivity contribution in [2.75, 3.05) is 11.9 Å². The second-order valence-electron chi connectivity index (χ2n) is 8.29. The molecule has 3 amide bonds. The molecule has 7 nitrogen and oxygen atoms in total. The molecule has 0 aliphatic rings. The molecule has 32 heavy (non-hydrogen) atoms. The fourth-order valence-corrected chi connectivity index (χ4v) is 3.06. The number of hydrogen-bond donors (Lipinski definition) is 3. The molecular weight excluding hydrogens is 474 g/mol. The molecule has 8 heteroatoms. The molecule has 2 aromatic rings. The second kappa shape index (κ2) is 12.2. The molecule has 0 atom stereocenters. The lowest BCUT2D eigenvalue weighted by molar-refractivity contribution is -0.121. The third kappa shape index (κ3) is 9.96. The summed E-state index contributed by atoms with van der Waals surface area (Å²) in [5.74, 6) is -0.300. The van der Waals surface area contributed by atoms with Crippen LogP contribution in [0.5, 0.6) is 0 Å². The Kier molecular flexibility index (Phi) is 9.71. The predicted molar refractivity (Wildman–Crippen MR) is 128 cm³/mol. The number of aryl methyl sites for hydroxylation is 1. The standard InChI is InChI=1S/C24H30BrN3O4/c1-24(2,3)32-23(31)26-15-14-22(30)28-20-7-5-4-6-18(20)16-27-21(29)13-10-17-8-11-19(25)12-9-17/h4-9,11-12H,10,13-16H2,1-3H3,(H,26,31)(H,27,29)(H,28,30). The number of para-hydroxylation sites is 1. The van der Waals surface area contributed by atoms with Crippen LogP contribution < -0.4 is 16.0 Å². The number of anilines is 1. The molecule has 0 spiro atoms. The van der Waals surface area contributed by atoms with E-state index < -0.39 is 11.7 Å². The molecule has 2 rings (SSSR count). The first-order valence-electron chi connectivity index (χ1n) is 10.5. The van der Waals surface area contributed by atoms with Gasteiger partial charge in [0, 0.05) is 36.1 Å². The molecule has 0 radical (unpaired) electrons. The Bertz CT molecular complexity index is 924. The van der Waals surface area contributed by atoms with Crippen LogP contribution in [0, 0.1) is 0 Å². The van der Waals surface area contributed by atoms with E-state index in [9.17, 15) is 14.4 Å². The van der Waals surface area contributed by atoms with Crippen LogP contribution >= 0.6 is 15.9 Å². The van der Waals surface area contributed by atoms with Crippen LogP contribution in [0.3, 0.4) is 0 Å². The van der Waals surface area contributed by atoms with Gasteiger partial charge < -0.3 is 20.7 Å². The molecule has 0 fully saturated rings. The second-order valence-corrected chi connectivity index (χ2v) is 9.20. The van der Waals surface area contributed by atoms with E-state index in [4.69, 9.17) is 4.74 Å². The van der Waals surface area contributed by atoms with Gasteiger partial charge in [0.05, 0.1) is 0 Å². The summed E-state index contributed by atoms with van der Waals surface area (Å²) in [6, 6.07) is 15.2. The Morgan fingerprint density at radius 3 is 2.28 bits per heavy atom. The minimum atomic E-state index is -0.589. The van der Waals surface area contributed by atoms with Gasteiger partial charge in [0.15, 0.2) is 0 Å². The van der Waals surface area contributed by atoms with E-state index in [1.54, 1.807) is 26.8 Å². The van der Waals surface area contributed by atoms with Gasteiger partial charge in [-0.1, -0.05) is 46.3 Å². The highest BCUT2D eigenvalue weighted by Crippen LogP contribution is 2.16. The number of amides is 3. The van der Waals surface area contributed by atoms with Crippen molar-refractivity contribution in [3.63, 3.8) is 0 Å². The molecular formula is C24H30BrN3O4. The lowest BCUT2D eigenvalue weighted by Gasteiger charge is -2.19. The highest BCUT2D eigenvalue weighted by atomic mass is 79.9. The van der Waals surface area contributed by atoms with Crippen LogP contribution in [0.4, 0.5) is 10.5 Å². The molecule has 0 unspecified atom stereocenters. The summed E-state index contributed by atoms with van der Waals surface area (Å²) in [5, 5.41) is 8.29. The van der Waals surface area contributed by atoms with Gasteiger partial charge in [-0.15, -0.1) is 0 Å². The maximum absolute atomic E-state index is 12.3. The fraction of sp³-hybridized carbons (Fsp3) is 0.375. The van der Waals surface area contributed by atoms with Gasteiger partial charge in [0.25, 0.3) is 0 Å². The third-order valence-electron chi connectivity index (χ3n) is 4.34. The molecule has 3 N–H and O–H groups in total. The monoisotopic (exact) mass is 503 g/mol. The lowest BCUT2D eigenvalue weighted by atomic mass is 10.1. The van der Waals surface area contributed by atoms with Crippen LogP contribution in [0.25, 0.3) is 0 Å². The first-order chi connectivity index (χ1) is 15.1. The SMILES string of the molecule is CC(C)(C)OC(=O)NCCC(=O)Nc1ccccc1CNC(=O)CCc1ccc(Br)cc1. The molecule has 0 bridgehead atoms. The van der Waals surface area contributed by atoms with Gasteiger partial charge in [0.2, 0.25) is 11.8 Å². The van der Waals surface area contributed by atoms with Crippen molar-refractivity contribution in [1.82, 2.24) is 10.6 Å². The van der Waals surface area contributed by atoms with E-state index in [1.165, 1.54) is 0 Å². The number of halogens is 1. The van der Waals surface area contributed by atoms with Crippen molar-refractivity contribution in [2.24, 2.45) is 0 Å². The molecule has 0 aliphatic carbocycles. The topological polar surface area (TPSA) is 96.5 Å². The Morgan fingerprint density at radius 2 is 1.59 bits per heavy atom. The van der Waals surface area contributed by atoms with Crippen LogP contribution in [0.2, 0.25) is 0 Å². The largest absolute Gasteiger partial charge is 0.444 e. The molecule has 2 aromatic carbocycles. The van der Waals surface area contributed by atoms with Crippen molar-refractivity contribution < 1.29 is 19.1 Å². The number of ether oxygens (including phenoxy) is 1. The van der Waals surface area contributed by atoms with E-state index >= 15 is 0 Å². The molecule has 0 aromatic heterocycles. The number of hydrogen-bond acceptors (Lipinski definition) is 4. The number of benzene rings is 2. The predicted octanol–water partition coefficient (Wildman–Crippen LogP) is 4.55. The van der Waals surface area contributed by atoms with E-state index in [0.717, 1.165) is 15.6 Å². The van der Waals surface area contributed by atoms with Crippen molar-refractivity contribution >= 4 is 39.5 Å². The van der Waals surface area contributed by atoms with E-state index in [1.807, 2.05) is 42.5 Å². The van der Waals surface area contributed by atoms with Crippen LogP contribution in [0.1, 0.15) is 44.7 Å². The zero-order chi connectivity index (χ0) is 23.6. The molecule has 0 saturated carbocycles. The van der Waals surface area contributed by atoms with Crippen molar-refractivity contribution in [3.8, 4) is 0 Å². The zero-order valence-electron chi connectivity index (χ0n) is 18.7. The summed E-state index contributed by atoms with van der Waals surface area (Å²) in [6.45, 7) is 5.79. The zero-order valence-corrected chi connectivity index (χ0v) is 20.3. The molecule has 0 aliphatic heterocycles. The Balaban J connectivity index is 1.77. The smallest absolute Gasteiger partial charge is 0.407 e. The first kappa shape index (κ1) is 25.4. The highest BCUT2D eigenvalue weighted by Gasteiger charge is 2.16. The summed E-state index contributed by atoms with van der Waals surface area (Å²) in [5.41, 5.74) is 1.94. The molecule has 0 heterocycles. The normalized spacial score (nSPS) is 10.9. The number of carbonyl (C=O) groups excluding carboxylic acids is 3. The Morgan fingerprint density at radius 1 is 0.906 bits per heavy atom. The van der Waals surface area contributed by atoms with Gasteiger partial charge in [-0.25, -0.2) is 4.79 Å². The average Bonchev–Trinajstić information content (AvgIpc) is 2.71. The van der Waals surface area contributed by atoms with Crippen molar-refractivity contribution in [2.45, 2.75) is 52.2 Å². The maximum atomic E-state index is 12.3. The fourth-order valence-electron chi connectivity index (χ4n) is 2.79. The number of alkyl carbamates (subject to hydrolysis) is 1. The lowest BCUT2D eigenvalue weighted by Crippen LogP contribution is -2.34. The number of rotatable bonds is 9. The van der Waals surface area contributed by atoms with Gasteiger partial charge >= 0.3 is 6.09 Å². The van der Waals surface area contributed by atoms with Crippen LogP contribution in [-0.2, 0) is 27.3 Å². The molecule has 0 saturated heterocycles. The Hall–Kier alpha value is -2.87.